The lowest BCUT2D eigenvalue weighted by Crippen LogP contribution is -2.44. The molecule has 0 unspecified atom stereocenters. The van der Waals surface area contributed by atoms with Crippen molar-refractivity contribution in [2.45, 2.75) is 43.2 Å². The first-order valence-corrected chi connectivity index (χ1v) is 11.8. The summed E-state index contributed by atoms with van der Waals surface area (Å²) in [5.41, 5.74) is 2.02. The number of piperidine rings is 1. The highest BCUT2D eigenvalue weighted by molar-refractivity contribution is 7.89. The average molecular weight is 432 g/mol. The Morgan fingerprint density at radius 3 is 2.73 bits per heavy atom. The fourth-order valence-electron chi connectivity index (χ4n) is 4.12. The average Bonchev–Trinajstić information content (AvgIpc) is 2.77. The topological polar surface area (TPSA) is 78.5 Å². The summed E-state index contributed by atoms with van der Waals surface area (Å²) in [5, 5.41) is 6.15. The first kappa shape index (κ1) is 21.0. The second-order valence-electron chi connectivity index (χ2n) is 7.85. The van der Waals surface area contributed by atoms with E-state index < -0.39 is 21.7 Å². The van der Waals surface area contributed by atoms with Crippen LogP contribution < -0.4 is 10.6 Å². The molecule has 2 aliphatic rings. The summed E-state index contributed by atoms with van der Waals surface area (Å²) in [6, 6.07) is 11.2. The van der Waals surface area contributed by atoms with Crippen molar-refractivity contribution < 1.29 is 17.6 Å². The zero-order valence-corrected chi connectivity index (χ0v) is 17.6. The summed E-state index contributed by atoms with van der Waals surface area (Å²) in [4.78, 5) is 12.5. The Bertz CT molecular complexity index is 1040. The molecule has 4 rings (SSSR count). The number of hydrogen-bond donors (Lipinski definition) is 2. The SMILES string of the molecule is O=C(NC[C@H]1CCCCN1)c1ccc(F)cc1S(=O)(=O)N1CCc2ccccc2C1. The van der Waals surface area contributed by atoms with Gasteiger partial charge < -0.3 is 10.6 Å². The number of benzene rings is 2. The maximum Gasteiger partial charge on any atom is 0.252 e. The van der Waals surface area contributed by atoms with E-state index in [1.165, 1.54) is 10.4 Å². The van der Waals surface area contributed by atoms with E-state index in [1.807, 2.05) is 24.3 Å². The number of fused-ring (bicyclic) bond motifs is 1. The van der Waals surface area contributed by atoms with Crippen molar-refractivity contribution in [2.24, 2.45) is 0 Å². The second-order valence-corrected chi connectivity index (χ2v) is 9.76. The minimum absolute atomic E-state index is 0.0222. The number of carbonyl (C=O) groups is 1. The molecule has 1 saturated heterocycles. The zero-order valence-electron chi connectivity index (χ0n) is 16.7. The molecule has 1 amide bonds. The summed E-state index contributed by atoms with van der Waals surface area (Å²) in [5.74, 6) is -1.19. The van der Waals surface area contributed by atoms with Crippen LogP contribution in [0.1, 0.15) is 40.7 Å². The van der Waals surface area contributed by atoms with Gasteiger partial charge >= 0.3 is 0 Å². The molecule has 0 radical (unpaired) electrons. The Labute approximate surface area is 176 Å². The van der Waals surface area contributed by atoms with Crippen LogP contribution in [0.2, 0.25) is 0 Å². The van der Waals surface area contributed by atoms with Crippen LogP contribution in [-0.2, 0) is 23.0 Å². The molecule has 0 bridgehead atoms. The molecule has 1 fully saturated rings. The molecule has 2 aromatic carbocycles. The normalized spacial score (nSPS) is 19.8. The van der Waals surface area contributed by atoms with Gasteiger partial charge in [0, 0.05) is 25.7 Å². The number of amides is 1. The van der Waals surface area contributed by atoms with Crippen LogP contribution in [0.4, 0.5) is 4.39 Å². The maximum atomic E-state index is 14.0. The van der Waals surface area contributed by atoms with Gasteiger partial charge in [0.05, 0.1) is 10.5 Å². The maximum absolute atomic E-state index is 14.0. The van der Waals surface area contributed by atoms with Gasteiger partial charge in [0.1, 0.15) is 5.82 Å². The molecule has 6 nitrogen and oxygen atoms in total. The van der Waals surface area contributed by atoms with Crippen molar-refractivity contribution in [2.75, 3.05) is 19.6 Å². The van der Waals surface area contributed by atoms with Gasteiger partial charge in [0.2, 0.25) is 10.0 Å². The quantitative estimate of drug-likeness (QED) is 0.762. The van der Waals surface area contributed by atoms with Crippen molar-refractivity contribution in [3.05, 3.63) is 65.0 Å². The van der Waals surface area contributed by atoms with Gasteiger partial charge in [0.25, 0.3) is 5.91 Å². The molecule has 1 atom stereocenters. The third kappa shape index (κ3) is 4.40. The van der Waals surface area contributed by atoms with Gasteiger partial charge in [-0.2, -0.15) is 4.31 Å². The van der Waals surface area contributed by atoms with Gasteiger partial charge in [-0.3, -0.25) is 4.79 Å². The number of hydrogen-bond acceptors (Lipinski definition) is 4. The third-order valence-corrected chi connectivity index (χ3v) is 7.71. The van der Waals surface area contributed by atoms with Crippen LogP contribution in [0.3, 0.4) is 0 Å². The summed E-state index contributed by atoms with van der Waals surface area (Å²) in [6.45, 7) is 1.82. The van der Waals surface area contributed by atoms with E-state index in [9.17, 15) is 17.6 Å². The lowest BCUT2D eigenvalue weighted by atomic mass is 10.0. The predicted molar refractivity (Wildman–Crippen MR) is 112 cm³/mol. The van der Waals surface area contributed by atoms with E-state index in [-0.39, 0.29) is 23.0 Å². The largest absolute Gasteiger partial charge is 0.350 e. The van der Waals surface area contributed by atoms with Crippen molar-refractivity contribution in [1.82, 2.24) is 14.9 Å². The Balaban J connectivity index is 1.57. The van der Waals surface area contributed by atoms with Gasteiger partial charge in [-0.1, -0.05) is 30.7 Å². The van der Waals surface area contributed by atoms with Gasteiger partial charge in [0.15, 0.2) is 0 Å². The second kappa shape index (κ2) is 8.83. The molecule has 8 heteroatoms. The number of sulfonamides is 1. The van der Waals surface area contributed by atoms with Crippen molar-refractivity contribution in [3.63, 3.8) is 0 Å². The van der Waals surface area contributed by atoms with Gasteiger partial charge in [-0.25, -0.2) is 12.8 Å². The first-order chi connectivity index (χ1) is 14.4. The number of nitrogens with zero attached hydrogens (tertiary/aromatic N) is 1. The van der Waals surface area contributed by atoms with Crippen LogP contribution in [0, 0.1) is 5.82 Å². The Kier molecular flexibility index (Phi) is 6.17. The summed E-state index contributed by atoms with van der Waals surface area (Å²) in [6.07, 6.45) is 3.76. The molecule has 0 aliphatic carbocycles. The molecular weight excluding hydrogens is 405 g/mol. The van der Waals surface area contributed by atoms with Crippen LogP contribution in [-0.4, -0.2) is 44.3 Å². The van der Waals surface area contributed by atoms with Gasteiger partial charge in [-0.15, -0.1) is 0 Å². The Morgan fingerprint density at radius 1 is 1.17 bits per heavy atom. The fourth-order valence-corrected chi connectivity index (χ4v) is 5.74. The van der Waals surface area contributed by atoms with E-state index in [1.54, 1.807) is 0 Å². The van der Waals surface area contributed by atoms with Crippen LogP contribution in [0.15, 0.2) is 47.4 Å². The molecule has 160 valence electrons. The highest BCUT2D eigenvalue weighted by Crippen LogP contribution is 2.27. The van der Waals surface area contributed by atoms with Gasteiger partial charge in [-0.05, 0) is 55.1 Å². The summed E-state index contributed by atoms with van der Waals surface area (Å²) >= 11 is 0. The molecule has 2 aromatic rings. The van der Waals surface area contributed by atoms with E-state index in [0.717, 1.165) is 49.1 Å². The van der Waals surface area contributed by atoms with E-state index >= 15 is 0 Å². The molecule has 0 aromatic heterocycles. The molecule has 0 saturated carbocycles. The molecular formula is C22H26FN3O3S. The smallest absolute Gasteiger partial charge is 0.252 e. The van der Waals surface area contributed by atoms with E-state index in [4.69, 9.17) is 0 Å². The third-order valence-electron chi connectivity index (χ3n) is 5.82. The standard InChI is InChI=1S/C22H26FN3O3S/c23-18-8-9-20(22(27)25-14-19-7-3-4-11-24-19)21(13-18)30(28,29)26-12-10-16-5-1-2-6-17(16)15-26/h1-2,5-6,8-9,13,19,24H,3-4,7,10-12,14-15H2,(H,25,27)/t19-/m1/s1. The molecule has 2 aliphatic heterocycles. The molecule has 30 heavy (non-hydrogen) atoms. The molecule has 0 spiro atoms. The lowest BCUT2D eigenvalue weighted by Gasteiger charge is -2.29. The first-order valence-electron chi connectivity index (χ1n) is 10.3. The summed E-state index contributed by atoms with van der Waals surface area (Å²) in [7, 11) is -4.03. The fraction of sp³-hybridized carbons (Fsp3) is 0.409. The van der Waals surface area contributed by atoms with Crippen molar-refractivity contribution in [3.8, 4) is 0 Å². The Morgan fingerprint density at radius 2 is 1.97 bits per heavy atom. The highest BCUT2D eigenvalue weighted by atomic mass is 32.2. The monoisotopic (exact) mass is 431 g/mol. The van der Waals surface area contributed by atoms with E-state index in [0.29, 0.717) is 19.5 Å². The zero-order chi connectivity index (χ0) is 21.1. The Hall–Kier alpha value is -2.29. The number of nitrogens with one attached hydrogen (secondary N) is 2. The number of carbonyl (C=O) groups excluding carboxylic acids is 1. The number of halogens is 1. The number of rotatable bonds is 5. The van der Waals surface area contributed by atoms with Crippen LogP contribution in [0.5, 0.6) is 0 Å². The summed E-state index contributed by atoms with van der Waals surface area (Å²) < 4.78 is 42.0. The van der Waals surface area contributed by atoms with E-state index in [2.05, 4.69) is 10.6 Å². The lowest BCUT2D eigenvalue weighted by molar-refractivity contribution is 0.0944. The minimum atomic E-state index is -4.03. The molecule has 2 N–H and O–H groups in total. The van der Waals surface area contributed by atoms with Crippen molar-refractivity contribution >= 4 is 15.9 Å². The minimum Gasteiger partial charge on any atom is -0.350 e. The van der Waals surface area contributed by atoms with Crippen LogP contribution >= 0.6 is 0 Å². The molecule has 2 heterocycles. The predicted octanol–water partition coefficient (Wildman–Crippen LogP) is 2.44. The highest BCUT2D eigenvalue weighted by Gasteiger charge is 2.32. The van der Waals surface area contributed by atoms with Crippen molar-refractivity contribution in [1.29, 1.82) is 0 Å². The van der Waals surface area contributed by atoms with Crippen LogP contribution in [0.25, 0.3) is 0 Å².